The van der Waals surface area contributed by atoms with Crippen molar-refractivity contribution in [1.82, 2.24) is 20.2 Å². The van der Waals surface area contributed by atoms with Crippen LogP contribution in [0.2, 0.25) is 5.02 Å². The lowest BCUT2D eigenvalue weighted by atomic mass is 10.1. The van der Waals surface area contributed by atoms with Gasteiger partial charge in [-0.1, -0.05) is 46.8 Å². The molecule has 3 aromatic heterocycles. The standard InChI is InChI=1S/C20H18ClN5O2S3/c21-12-5-3-11(4-6-12)14-9-29-18-16(14)17(27)23-15(24-18)10-30-20-26-25-19(31-20)22-8-13-2-1-7-28-13/h3-6,9,13H,1-2,7-8,10H2,(H,22,25)(H,23,24,27)/t13-/m1/s1. The smallest absolute Gasteiger partial charge is 0.260 e. The average Bonchev–Trinajstić information content (AvgIpc) is 3.52. The maximum atomic E-state index is 12.8. The van der Waals surface area contributed by atoms with Crippen molar-refractivity contribution in [2.75, 3.05) is 18.5 Å². The molecular weight excluding hydrogens is 474 g/mol. The van der Waals surface area contributed by atoms with E-state index < -0.39 is 0 Å². The topological polar surface area (TPSA) is 92.8 Å². The molecule has 11 heteroatoms. The van der Waals surface area contributed by atoms with Crippen LogP contribution in [0, 0.1) is 0 Å². The molecule has 1 aromatic carbocycles. The molecule has 4 aromatic rings. The van der Waals surface area contributed by atoms with Gasteiger partial charge in [0.1, 0.15) is 10.7 Å². The minimum Gasteiger partial charge on any atom is -0.376 e. The molecule has 1 saturated heterocycles. The number of thiophene rings is 1. The van der Waals surface area contributed by atoms with E-state index in [0.29, 0.717) is 22.0 Å². The Morgan fingerprint density at radius 3 is 2.97 bits per heavy atom. The Hall–Kier alpha value is -1.98. The third-order valence-corrected chi connectivity index (χ3v) is 8.04. The molecule has 0 saturated carbocycles. The van der Waals surface area contributed by atoms with Gasteiger partial charge in [-0.25, -0.2) is 4.98 Å². The Morgan fingerprint density at radius 2 is 2.16 bits per heavy atom. The second-order valence-electron chi connectivity index (χ2n) is 7.03. The number of fused-ring (bicyclic) bond motifs is 1. The molecule has 0 bridgehead atoms. The van der Waals surface area contributed by atoms with E-state index in [2.05, 4.69) is 25.5 Å². The predicted molar refractivity (Wildman–Crippen MR) is 128 cm³/mol. The van der Waals surface area contributed by atoms with Crippen molar-refractivity contribution in [2.45, 2.75) is 29.0 Å². The number of nitrogens with zero attached hydrogens (tertiary/aromatic N) is 3. The number of anilines is 1. The van der Waals surface area contributed by atoms with Crippen molar-refractivity contribution in [3.05, 3.63) is 50.8 Å². The zero-order valence-corrected chi connectivity index (χ0v) is 19.5. The first kappa shape index (κ1) is 20.9. The van der Waals surface area contributed by atoms with Gasteiger partial charge in [0, 0.05) is 29.1 Å². The zero-order chi connectivity index (χ0) is 21.2. The maximum Gasteiger partial charge on any atom is 0.260 e. The molecule has 1 atom stereocenters. The van der Waals surface area contributed by atoms with Gasteiger partial charge in [0.05, 0.1) is 17.2 Å². The number of benzene rings is 1. The molecule has 0 amide bonds. The van der Waals surface area contributed by atoms with E-state index >= 15 is 0 Å². The SMILES string of the molecule is O=c1[nH]c(CSc2nnc(NC[C@H]3CCCO3)s2)nc2scc(-c3ccc(Cl)cc3)c12. The van der Waals surface area contributed by atoms with E-state index in [1.807, 2.05) is 29.6 Å². The van der Waals surface area contributed by atoms with Gasteiger partial charge in [0.25, 0.3) is 5.56 Å². The summed E-state index contributed by atoms with van der Waals surface area (Å²) < 4.78 is 6.43. The lowest BCUT2D eigenvalue weighted by Gasteiger charge is -2.08. The fourth-order valence-corrected chi connectivity index (χ4v) is 6.10. The molecule has 1 aliphatic heterocycles. The molecule has 2 N–H and O–H groups in total. The van der Waals surface area contributed by atoms with Gasteiger partial charge in [-0.15, -0.1) is 21.5 Å². The van der Waals surface area contributed by atoms with Crippen molar-refractivity contribution >= 4 is 61.4 Å². The summed E-state index contributed by atoms with van der Waals surface area (Å²) in [6.45, 7) is 1.59. The molecule has 0 radical (unpaired) electrons. The fraction of sp³-hybridized carbons (Fsp3) is 0.300. The van der Waals surface area contributed by atoms with E-state index in [4.69, 9.17) is 16.3 Å². The van der Waals surface area contributed by atoms with Crippen LogP contribution in [0.1, 0.15) is 18.7 Å². The summed E-state index contributed by atoms with van der Waals surface area (Å²) in [7, 11) is 0. The van der Waals surface area contributed by atoms with E-state index in [1.54, 1.807) is 0 Å². The van der Waals surface area contributed by atoms with Crippen LogP contribution in [0.3, 0.4) is 0 Å². The number of H-pyrrole nitrogens is 1. The van der Waals surface area contributed by atoms with E-state index in [1.165, 1.54) is 34.4 Å². The Kier molecular flexibility index (Phi) is 6.24. The monoisotopic (exact) mass is 491 g/mol. The van der Waals surface area contributed by atoms with Crippen LogP contribution in [0.15, 0.2) is 38.8 Å². The van der Waals surface area contributed by atoms with Gasteiger partial charge in [-0.3, -0.25) is 4.79 Å². The third kappa shape index (κ3) is 4.78. The number of aromatic nitrogens is 4. The van der Waals surface area contributed by atoms with Crippen LogP contribution in [-0.2, 0) is 10.5 Å². The summed E-state index contributed by atoms with van der Waals surface area (Å²) in [5.41, 5.74) is 1.68. The molecular formula is C20H18ClN5O2S3. The quantitative estimate of drug-likeness (QED) is 0.350. The second-order valence-corrected chi connectivity index (χ2v) is 10.5. The van der Waals surface area contributed by atoms with Crippen LogP contribution < -0.4 is 10.9 Å². The maximum absolute atomic E-state index is 12.8. The van der Waals surface area contributed by atoms with Crippen molar-refractivity contribution < 1.29 is 4.74 Å². The second kappa shape index (κ2) is 9.25. The lowest BCUT2D eigenvalue weighted by Crippen LogP contribution is -2.18. The first-order valence-electron chi connectivity index (χ1n) is 9.74. The van der Waals surface area contributed by atoms with Crippen molar-refractivity contribution in [2.24, 2.45) is 0 Å². The molecule has 1 fully saturated rings. The summed E-state index contributed by atoms with van der Waals surface area (Å²) in [5, 5.41) is 15.7. The summed E-state index contributed by atoms with van der Waals surface area (Å²) in [5.74, 6) is 1.13. The highest BCUT2D eigenvalue weighted by atomic mass is 35.5. The summed E-state index contributed by atoms with van der Waals surface area (Å²) >= 11 is 10.4. The molecule has 7 nitrogen and oxygen atoms in total. The largest absolute Gasteiger partial charge is 0.376 e. The lowest BCUT2D eigenvalue weighted by molar-refractivity contribution is 0.120. The van der Waals surface area contributed by atoms with Crippen LogP contribution in [0.4, 0.5) is 5.13 Å². The van der Waals surface area contributed by atoms with Gasteiger partial charge in [-0.2, -0.15) is 0 Å². The van der Waals surface area contributed by atoms with E-state index in [9.17, 15) is 4.79 Å². The van der Waals surface area contributed by atoms with Gasteiger partial charge < -0.3 is 15.0 Å². The molecule has 160 valence electrons. The van der Waals surface area contributed by atoms with Gasteiger partial charge in [0.15, 0.2) is 4.34 Å². The summed E-state index contributed by atoms with van der Waals surface area (Å²) in [4.78, 5) is 21.1. The molecule has 0 spiro atoms. The minimum absolute atomic E-state index is 0.136. The molecule has 0 aliphatic carbocycles. The van der Waals surface area contributed by atoms with E-state index in [0.717, 1.165) is 51.4 Å². The number of aromatic amines is 1. The molecule has 5 rings (SSSR count). The highest BCUT2D eigenvalue weighted by Crippen LogP contribution is 2.32. The highest BCUT2D eigenvalue weighted by Gasteiger charge is 2.16. The number of hydrogen-bond donors (Lipinski definition) is 2. The van der Waals surface area contributed by atoms with Crippen LogP contribution in [0.25, 0.3) is 21.3 Å². The van der Waals surface area contributed by atoms with E-state index in [-0.39, 0.29) is 11.7 Å². The van der Waals surface area contributed by atoms with Crippen molar-refractivity contribution in [3.8, 4) is 11.1 Å². The average molecular weight is 492 g/mol. The molecule has 31 heavy (non-hydrogen) atoms. The molecule has 1 aliphatic rings. The first-order chi connectivity index (χ1) is 15.2. The normalized spacial score (nSPS) is 16.2. The number of halogens is 1. The number of hydrogen-bond acceptors (Lipinski definition) is 9. The van der Waals surface area contributed by atoms with Crippen molar-refractivity contribution in [3.63, 3.8) is 0 Å². The Labute approximate surface area is 195 Å². The zero-order valence-electron chi connectivity index (χ0n) is 16.3. The Balaban J connectivity index is 1.27. The first-order valence-corrected chi connectivity index (χ1v) is 12.8. The van der Waals surface area contributed by atoms with Crippen LogP contribution in [-0.4, -0.2) is 39.4 Å². The molecule has 4 heterocycles. The van der Waals surface area contributed by atoms with Gasteiger partial charge >= 0.3 is 0 Å². The highest BCUT2D eigenvalue weighted by molar-refractivity contribution is 8.00. The van der Waals surface area contributed by atoms with Crippen LogP contribution >= 0.6 is 46.0 Å². The predicted octanol–water partition coefficient (Wildman–Crippen LogP) is 5.04. The summed E-state index contributed by atoms with van der Waals surface area (Å²) in [6.07, 6.45) is 2.45. The third-order valence-electron chi connectivity index (χ3n) is 4.89. The number of thioether (sulfide) groups is 1. The molecule has 0 unspecified atom stereocenters. The summed E-state index contributed by atoms with van der Waals surface area (Å²) in [6, 6.07) is 7.46. The van der Waals surface area contributed by atoms with Gasteiger partial charge in [0.2, 0.25) is 5.13 Å². The Bertz CT molecular complexity index is 1250. The Morgan fingerprint density at radius 1 is 1.29 bits per heavy atom. The number of rotatable bonds is 7. The fourth-order valence-electron chi connectivity index (χ4n) is 3.38. The number of nitrogens with one attached hydrogen (secondary N) is 2. The van der Waals surface area contributed by atoms with Crippen molar-refractivity contribution in [1.29, 1.82) is 0 Å². The minimum atomic E-state index is -0.136. The van der Waals surface area contributed by atoms with Gasteiger partial charge in [-0.05, 0) is 30.5 Å². The van der Waals surface area contributed by atoms with Crippen LogP contribution in [0.5, 0.6) is 0 Å². The number of ether oxygens (including phenoxy) is 1.